The van der Waals surface area contributed by atoms with E-state index in [4.69, 9.17) is 0 Å². The van der Waals surface area contributed by atoms with Crippen molar-refractivity contribution in [2.75, 3.05) is 6.54 Å². The standard InChI is InChI=1S/C14H25N3O2/c1-10(16-12-7-8-13(18)15-9-12)14(19)17-11-5-3-2-4-6-11/h10-12,16H,2-9H2,1H3,(H,15,18)(H,17,19). The zero-order chi connectivity index (χ0) is 13.7. The minimum atomic E-state index is -0.193. The smallest absolute Gasteiger partial charge is 0.237 e. The molecule has 1 heterocycles. The average molecular weight is 267 g/mol. The molecule has 1 aliphatic heterocycles. The molecule has 19 heavy (non-hydrogen) atoms. The van der Waals surface area contributed by atoms with Crippen LogP contribution in [0.1, 0.15) is 51.9 Å². The van der Waals surface area contributed by atoms with E-state index < -0.39 is 0 Å². The molecule has 0 bridgehead atoms. The third-order valence-corrected chi connectivity index (χ3v) is 4.10. The fourth-order valence-corrected chi connectivity index (χ4v) is 2.88. The number of hydrogen-bond acceptors (Lipinski definition) is 3. The molecular formula is C14H25N3O2. The number of amides is 2. The fourth-order valence-electron chi connectivity index (χ4n) is 2.88. The van der Waals surface area contributed by atoms with Gasteiger partial charge in [-0.05, 0) is 26.2 Å². The predicted molar refractivity (Wildman–Crippen MR) is 73.6 cm³/mol. The second-order valence-electron chi connectivity index (χ2n) is 5.77. The van der Waals surface area contributed by atoms with Crippen molar-refractivity contribution in [3.8, 4) is 0 Å². The van der Waals surface area contributed by atoms with Crippen molar-refractivity contribution >= 4 is 11.8 Å². The van der Waals surface area contributed by atoms with Crippen LogP contribution in [0.15, 0.2) is 0 Å². The van der Waals surface area contributed by atoms with E-state index in [1.807, 2.05) is 6.92 Å². The number of rotatable bonds is 4. The van der Waals surface area contributed by atoms with Gasteiger partial charge in [-0.2, -0.15) is 0 Å². The summed E-state index contributed by atoms with van der Waals surface area (Å²) in [4.78, 5) is 23.2. The van der Waals surface area contributed by atoms with Crippen LogP contribution in [0, 0.1) is 0 Å². The normalized spacial score (nSPS) is 26.6. The Morgan fingerprint density at radius 1 is 1.21 bits per heavy atom. The minimum Gasteiger partial charge on any atom is -0.355 e. The minimum absolute atomic E-state index is 0.0869. The molecule has 2 atom stereocenters. The first-order valence-corrected chi connectivity index (χ1v) is 7.48. The van der Waals surface area contributed by atoms with Gasteiger partial charge in [-0.15, -0.1) is 0 Å². The molecule has 0 aromatic carbocycles. The molecular weight excluding hydrogens is 242 g/mol. The van der Waals surface area contributed by atoms with Crippen molar-refractivity contribution in [1.29, 1.82) is 0 Å². The van der Waals surface area contributed by atoms with E-state index in [-0.39, 0.29) is 23.9 Å². The molecule has 0 spiro atoms. The first-order chi connectivity index (χ1) is 9.15. The van der Waals surface area contributed by atoms with E-state index in [9.17, 15) is 9.59 Å². The van der Waals surface area contributed by atoms with Gasteiger partial charge < -0.3 is 16.0 Å². The second-order valence-corrected chi connectivity index (χ2v) is 5.77. The molecule has 2 rings (SSSR count). The lowest BCUT2D eigenvalue weighted by atomic mass is 9.95. The Balaban J connectivity index is 1.70. The topological polar surface area (TPSA) is 70.2 Å². The zero-order valence-electron chi connectivity index (χ0n) is 11.7. The summed E-state index contributed by atoms with van der Waals surface area (Å²) in [5, 5.41) is 9.25. The SMILES string of the molecule is CC(NC1CCC(=O)NC1)C(=O)NC1CCCCC1. The first-order valence-electron chi connectivity index (χ1n) is 7.48. The molecule has 5 nitrogen and oxygen atoms in total. The van der Waals surface area contributed by atoms with Crippen LogP contribution in [-0.4, -0.2) is 36.5 Å². The average Bonchev–Trinajstić information content (AvgIpc) is 2.42. The van der Waals surface area contributed by atoms with Gasteiger partial charge in [0.2, 0.25) is 11.8 Å². The third-order valence-electron chi connectivity index (χ3n) is 4.10. The number of piperidine rings is 1. The van der Waals surface area contributed by atoms with Gasteiger partial charge in [0.15, 0.2) is 0 Å². The Morgan fingerprint density at radius 2 is 1.95 bits per heavy atom. The molecule has 0 aromatic rings. The Morgan fingerprint density at radius 3 is 2.58 bits per heavy atom. The Bertz CT molecular complexity index is 317. The van der Waals surface area contributed by atoms with Gasteiger partial charge in [-0.25, -0.2) is 0 Å². The van der Waals surface area contributed by atoms with Crippen LogP contribution in [0.4, 0.5) is 0 Å². The number of carbonyl (C=O) groups is 2. The third kappa shape index (κ3) is 4.49. The van der Waals surface area contributed by atoms with Crippen molar-refractivity contribution in [3.63, 3.8) is 0 Å². The van der Waals surface area contributed by atoms with Gasteiger partial charge in [0, 0.05) is 25.0 Å². The zero-order valence-corrected chi connectivity index (χ0v) is 11.7. The summed E-state index contributed by atoms with van der Waals surface area (Å²) in [6, 6.07) is 0.378. The largest absolute Gasteiger partial charge is 0.355 e. The highest BCUT2D eigenvalue weighted by Crippen LogP contribution is 2.17. The van der Waals surface area contributed by atoms with E-state index in [1.54, 1.807) is 0 Å². The summed E-state index contributed by atoms with van der Waals surface area (Å²) >= 11 is 0. The highest BCUT2D eigenvalue weighted by Gasteiger charge is 2.24. The number of carbonyl (C=O) groups excluding carboxylic acids is 2. The van der Waals surface area contributed by atoms with E-state index in [2.05, 4.69) is 16.0 Å². The summed E-state index contributed by atoms with van der Waals surface area (Å²) in [5.74, 6) is 0.196. The maximum Gasteiger partial charge on any atom is 0.237 e. The molecule has 1 saturated heterocycles. The van der Waals surface area contributed by atoms with Gasteiger partial charge in [0.25, 0.3) is 0 Å². The lowest BCUT2D eigenvalue weighted by Gasteiger charge is -2.28. The van der Waals surface area contributed by atoms with Gasteiger partial charge in [-0.3, -0.25) is 9.59 Å². The van der Waals surface area contributed by atoms with Crippen LogP contribution in [0.3, 0.4) is 0 Å². The second kappa shape index (κ2) is 6.89. The van der Waals surface area contributed by atoms with Gasteiger partial charge in [0.1, 0.15) is 0 Å². The van der Waals surface area contributed by atoms with Crippen LogP contribution >= 0.6 is 0 Å². The maximum atomic E-state index is 12.1. The van der Waals surface area contributed by atoms with Crippen LogP contribution < -0.4 is 16.0 Å². The van der Waals surface area contributed by atoms with E-state index in [0.717, 1.165) is 19.3 Å². The Labute approximate surface area is 114 Å². The highest BCUT2D eigenvalue weighted by atomic mass is 16.2. The molecule has 3 N–H and O–H groups in total. The van der Waals surface area contributed by atoms with Crippen LogP contribution in [0.2, 0.25) is 0 Å². The molecule has 108 valence electrons. The molecule has 2 aliphatic rings. The molecule has 0 radical (unpaired) electrons. The first kappa shape index (κ1) is 14.3. The van der Waals surface area contributed by atoms with Gasteiger partial charge >= 0.3 is 0 Å². The fraction of sp³-hybridized carbons (Fsp3) is 0.857. The van der Waals surface area contributed by atoms with Crippen molar-refractivity contribution in [2.24, 2.45) is 0 Å². The van der Waals surface area contributed by atoms with Crippen molar-refractivity contribution in [1.82, 2.24) is 16.0 Å². The predicted octanol–water partition coefficient (Wildman–Crippen LogP) is 0.692. The Hall–Kier alpha value is -1.10. The number of hydrogen-bond donors (Lipinski definition) is 3. The van der Waals surface area contributed by atoms with E-state index >= 15 is 0 Å². The van der Waals surface area contributed by atoms with Crippen LogP contribution in [0.25, 0.3) is 0 Å². The summed E-state index contributed by atoms with van der Waals surface area (Å²) < 4.78 is 0. The molecule has 1 aliphatic carbocycles. The summed E-state index contributed by atoms with van der Waals surface area (Å²) in [7, 11) is 0. The molecule has 2 amide bonds. The lowest BCUT2D eigenvalue weighted by molar-refractivity contribution is -0.124. The highest BCUT2D eigenvalue weighted by molar-refractivity contribution is 5.81. The quantitative estimate of drug-likeness (QED) is 0.702. The van der Waals surface area contributed by atoms with Crippen LogP contribution in [-0.2, 0) is 9.59 Å². The van der Waals surface area contributed by atoms with Crippen molar-refractivity contribution in [2.45, 2.75) is 70.0 Å². The van der Waals surface area contributed by atoms with E-state index in [0.29, 0.717) is 19.0 Å². The van der Waals surface area contributed by atoms with E-state index in [1.165, 1.54) is 19.3 Å². The molecule has 2 unspecified atom stereocenters. The van der Waals surface area contributed by atoms with Crippen LogP contribution in [0.5, 0.6) is 0 Å². The number of nitrogens with one attached hydrogen (secondary N) is 3. The van der Waals surface area contributed by atoms with Crippen molar-refractivity contribution < 1.29 is 9.59 Å². The van der Waals surface area contributed by atoms with Gasteiger partial charge in [0.05, 0.1) is 6.04 Å². The van der Waals surface area contributed by atoms with Gasteiger partial charge in [-0.1, -0.05) is 19.3 Å². The summed E-state index contributed by atoms with van der Waals surface area (Å²) in [6.45, 7) is 2.52. The Kier molecular flexibility index (Phi) is 5.19. The lowest BCUT2D eigenvalue weighted by Crippen LogP contribution is -2.54. The summed E-state index contributed by atoms with van der Waals surface area (Å²) in [5.41, 5.74) is 0. The molecule has 2 fully saturated rings. The van der Waals surface area contributed by atoms with Crippen molar-refractivity contribution in [3.05, 3.63) is 0 Å². The molecule has 5 heteroatoms. The molecule has 1 saturated carbocycles. The molecule has 0 aromatic heterocycles. The monoisotopic (exact) mass is 267 g/mol. The maximum absolute atomic E-state index is 12.1. The summed E-state index contributed by atoms with van der Waals surface area (Å²) in [6.07, 6.45) is 7.32.